The third-order valence-corrected chi connectivity index (χ3v) is 3.37. The van der Waals surface area contributed by atoms with Gasteiger partial charge in [-0.15, -0.1) is 0 Å². The Labute approximate surface area is 111 Å². The fraction of sp³-hybridized carbons (Fsp3) is 0.600. The van der Waals surface area contributed by atoms with Gasteiger partial charge in [-0.1, -0.05) is 12.2 Å². The van der Waals surface area contributed by atoms with Crippen LogP contribution < -0.4 is 5.69 Å². The molecule has 1 aliphatic rings. The Morgan fingerprint density at radius 1 is 1.68 bits per heavy atom. The number of H-pyrrole nitrogens is 1. The van der Waals surface area contributed by atoms with Gasteiger partial charge in [0.15, 0.2) is 17.7 Å². The quantitative estimate of drug-likeness (QED) is 0.670. The fourth-order valence-corrected chi connectivity index (χ4v) is 2.14. The molecule has 0 amide bonds. The first kappa shape index (κ1) is 14.3. The molecule has 2 rings (SSSR count). The van der Waals surface area contributed by atoms with E-state index >= 15 is 0 Å². The number of halogens is 2. The van der Waals surface area contributed by atoms with E-state index in [1.54, 1.807) is 0 Å². The van der Waals surface area contributed by atoms with Gasteiger partial charge in [0.2, 0.25) is 0 Å². The van der Waals surface area contributed by atoms with Crippen LogP contribution >= 0.6 is 12.2 Å². The van der Waals surface area contributed by atoms with Gasteiger partial charge >= 0.3 is 5.69 Å². The minimum atomic E-state index is -2.36. The number of ether oxygens (including phenoxy) is 1. The maximum atomic E-state index is 14.4. The summed E-state index contributed by atoms with van der Waals surface area (Å²) in [4.78, 5) is 13.7. The summed E-state index contributed by atoms with van der Waals surface area (Å²) in [6, 6.07) is 0. The highest BCUT2D eigenvalue weighted by molar-refractivity contribution is 7.71. The molecule has 6 nitrogen and oxygen atoms in total. The molecule has 0 bridgehead atoms. The second-order valence-electron chi connectivity index (χ2n) is 4.45. The second kappa shape index (κ2) is 4.75. The van der Waals surface area contributed by atoms with Gasteiger partial charge in [0.05, 0.1) is 12.8 Å². The molecule has 19 heavy (non-hydrogen) atoms. The lowest BCUT2D eigenvalue weighted by Gasteiger charge is -2.24. The summed E-state index contributed by atoms with van der Waals surface area (Å²) in [5.74, 6) is -0.920. The van der Waals surface area contributed by atoms with E-state index in [1.807, 2.05) is 4.98 Å². The third-order valence-electron chi connectivity index (χ3n) is 3.07. The minimum absolute atomic E-state index is 0.404. The molecule has 3 N–H and O–H groups in total. The van der Waals surface area contributed by atoms with Crippen molar-refractivity contribution in [2.75, 3.05) is 6.61 Å². The fourth-order valence-electron chi connectivity index (χ4n) is 2.00. The molecule has 1 fully saturated rings. The molecule has 9 heteroatoms. The van der Waals surface area contributed by atoms with Crippen LogP contribution in [0.5, 0.6) is 0 Å². The van der Waals surface area contributed by atoms with E-state index < -0.39 is 46.9 Å². The van der Waals surface area contributed by atoms with Crippen LogP contribution in [-0.4, -0.2) is 44.2 Å². The average molecular weight is 294 g/mol. The molecule has 4 atom stereocenters. The van der Waals surface area contributed by atoms with Crippen molar-refractivity contribution in [1.29, 1.82) is 0 Å². The Morgan fingerprint density at radius 2 is 2.32 bits per heavy atom. The van der Waals surface area contributed by atoms with Crippen LogP contribution in [0.4, 0.5) is 8.78 Å². The number of nitrogens with zero attached hydrogens (tertiary/aromatic N) is 1. The lowest BCUT2D eigenvalue weighted by Crippen LogP contribution is -2.43. The minimum Gasteiger partial charge on any atom is -0.394 e. The molecule has 1 saturated heterocycles. The smallest absolute Gasteiger partial charge is 0.328 e. The summed E-state index contributed by atoms with van der Waals surface area (Å²) < 4.78 is 33.0. The molecule has 106 valence electrons. The van der Waals surface area contributed by atoms with Crippen molar-refractivity contribution >= 4 is 12.2 Å². The first-order valence-electron chi connectivity index (χ1n) is 5.43. The van der Waals surface area contributed by atoms with E-state index in [4.69, 9.17) is 9.84 Å². The SMILES string of the molecule is C[C@@]1(F)C(O)[C@@H](CO)O[C@H]1n1cc(F)c(=S)[nH]c1=O. The monoisotopic (exact) mass is 294 g/mol. The maximum absolute atomic E-state index is 14.4. The molecule has 0 radical (unpaired) electrons. The Hall–Kier alpha value is -1.16. The number of aliphatic hydroxyl groups excluding tert-OH is 2. The van der Waals surface area contributed by atoms with Gasteiger partial charge in [0, 0.05) is 0 Å². The van der Waals surface area contributed by atoms with E-state index in [-0.39, 0.29) is 0 Å². The van der Waals surface area contributed by atoms with Gasteiger partial charge in [-0.2, -0.15) is 0 Å². The zero-order chi connectivity index (χ0) is 14.4. The molecule has 1 aromatic rings. The number of alkyl halides is 1. The molecule has 1 aromatic heterocycles. The molecular formula is C10H12F2N2O4S. The highest BCUT2D eigenvalue weighted by atomic mass is 32.1. The summed E-state index contributed by atoms with van der Waals surface area (Å²) in [6.45, 7) is 0.376. The number of rotatable bonds is 2. The third kappa shape index (κ3) is 2.22. The van der Waals surface area contributed by atoms with Crippen molar-refractivity contribution in [2.24, 2.45) is 0 Å². The largest absolute Gasteiger partial charge is 0.394 e. The van der Waals surface area contributed by atoms with Crippen molar-refractivity contribution in [3.8, 4) is 0 Å². The zero-order valence-corrected chi connectivity index (χ0v) is 10.7. The Balaban J connectivity index is 2.51. The van der Waals surface area contributed by atoms with Gasteiger partial charge < -0.3 is 14.9 Å². The molecule has 2 heterocycles. The average Bonchev–Trinajstić information content (AvgIpc) is 2.56. The van der Waals surface area contributed by atoms with Crippen LogP contribution in [0, 0.1) is 10.5 Å². The highest BCUT2D eigenvalue weighted by Gasteiger charge is 2.55. The van der Waals surface area contributed by atoms with Gasteiger partial charge in [-0.05, 0) is 6.92 Å². The molecule has 0 spiro atoms. The van der Waals surface area contributed by atoms with Crippen LogP contribution in [0.15, 0.2) is 11.0 Å². The number of aromatic amines is 1. The molecular weight excluding hydrogens is 282 g/mol. The first-order valence-corrected chi connectivity index (χ1v) is 5.84. The zero-order valence-electron chi connectivity index (χ0n) is 9.84. The van der Waals surface area contributed by atoms with Crippen molar-refractivity contribution in [2.45, 2.75) is 31.0 Å². The number of hydrogen-bond donors (Lipinski definition) is 3. The number of aromatic nitrogens is 2. The van der Waals surface area contributed by atoms with Crippen molar-refractivity contribution in [1.82, 2.24) is 9.55 Å². The number of hydrogen-bond acceptors (Lipinski definition) is 5. The molecule has 0 aliphatic carbocycles. The van der Waals surface area contributed by atoms with E-state index in [9.17, 15) is 18.7 Å². The van der Waals surface area contributed by atoms with E-state index in [2.05, 4.69) is 12.2 Å². The number of aliphatic hydroxyl groups is 2. The van der Waals surface area contributed by atoms with E-state index in [0.29, 0.717) is 10.8 Å². The maximum Gasteiger partial charge on any atom is 0.328 e. The van der Waals surface area contributed by atoms with Gasteiger partial charge in [-0.25, -0.2) is 13.6 Å². The standard InChI is InChI=1S/C10H12F2N2O4S/c1-10(12)6(16)5(3-15)18-8(10)14-2-4(11)7(19)13-9(14)17/h2,5-6,8,15-16H,3H2,1H3,(H,13,17,19)/t5-,6?,8-,10-/m1/s1. The van der Waals surface area contributed by atoms with Crippen LogP contribution in [0.1, 0.15) is 13.2 Å². The first-order chi connectivity index (χ1) is 8.78. The van der Waals surface area contributed by atoms with Crippen LogP contribution in [0.25, 0.3) is 0 Å². The van der Waals surface area contributed by atoms with Crippen molar-refractivity contribution < 1.29 is 23.7 Å². The van der Waals surface area contributed by atoms with E-state index in [1.165, 1.54) is 0 Å². The van der Waals surface area contributed by atoms with Crippen LogP contribution in [0.3, 0.4) is 0 Å². The molecule has 1 aliphatic heterocycles. The molecule has 1 unspecified atom stereocenters. The van der Waals surface area contributed by atoms with Gasteiger partial charge in [0.1, 0.15) is 16.8 Å². The van der Waals surface area contributed by atoms with Crippen molar-refractivity contribution in [3.05, 3.63) is 27.1 Å². The summed E-state index contributed by atoms with van der Waals surface area (Å²) in [5, 5.41) is 18.6. The van der Waals surface area contributed by atoms with Crippen molar-refractivity contribution in [3.63, 3.8) is 0 Å². The predicted octanol–water partition coefficient (Wildman–Crippen LogP) is 0.0238. The van der Waals surface area contributed by atoms with Crippen LogP contribution in [-0.2, 0) is 4.74 Å². The Kier molecular flexibility index (Phi) is 3.56. The Morgan fingerprint density at radius 3 is 2.84 bits per heavy atom. The van der Waals surface area contributed by atoms with E-state index in [0.717, 1.165) is 6.92 Å². The van der Waals surface area contributed by atoms with Gasteiger partial charge in [0.25, 0.3) is 0 Å². The molecule has 0 aromatic carbocycles. The summed E-state index contributed by atoms with van der Waals surface area (Å²) in [5.41, 5.74) is -3.23. The topological polar surface area (TPSA) is 87.5 Å². The van der Waals surface area contributed by atoms with Gasteiger partial charge in [-0.3, -0.25) is 9.55 Å². The highest BCUT2D eigenvalue weighted by Crippen LogP contribution is 2.40. The predicted molar refractivity (Wildman–Crippen MR) is 62.4 cm³/mol. The number of nitrogens with one attached hydrogen (secondary N) is 1. The summed E-state index contributed by atoms with van der Waals surface area (Å²) in [7, 11) is 0. The lowest BCUT2D eigenvalue weighted by atomic mass is 9.98. The summed E-state index contributed by atoms with van der Waals surface area (Å²) in [6.07, 6.45) is -3.69. The van der Waals surface area contributed by atoms with Crippen LogP contribution in [0.2, 0.25) is 0 Å². The summed E-state index contributed by atoms with van der Waals surface area (Å²) >= 11 is 4.53. The lowest BCUT2D eigenvalue weighted by molar-refractivity contribution is -0.0615. The Bertz CT molecular complexity index is 600. The normalized spacial score (nSPS) is 34.7. The molecule has 0 saturated carbocycles. The second-order valence-corrected chi connectivity index (χ2v) is 4.86.